The van der Waals surface area contributed by atoms with Crippen LogP contribution in [0.4, 0.5) is 13.2 Å². The summed E-state index contributed by atoms with van der Waals surface area (Å²) in [6, 6.07) is 3.64. The molecule has 0 aromatic carbocycles. The van der Waals surface area contributed by atoms with Crippen molar-refractivity contribution in [3.8, 4) is 0 Å². The number of alkyl halides is 3. The summed E-state index contributed by atoms with van der Waals surface area (Å²) in [4.78, 5) is 0. The molecule has 0 saturated carbocycles. The van der Waals surface area contributed by atoms with E-state index in [0.717, 1.165) is 5.76 Å². The van der Waals surface area contributed by atoms with Crippen LogP contribution in [0.25, 0.3) is 0 Å². The average Bonchev–Trinajstić information content (AvgIpc) is 2.61. The van der Waals surface area contributed by atoms with Crippen molar-refractivity contribution in [1.82, 2.24) is 5.32 Å². The zero-order valence-electron chi connectivity index (χ0n) is 8.31. The van der Waals surface area contributed by atoms with Crippen LogP contribution in [0.2, 0.25) is 0 Å². The van der Waals surface area contributed by atoms with Crippen LogP contribution >= 0.6 is 0 Å². The zero-order chi connectivity index (χ0) is 11.1. The third-order valence-corrected chi connectivity index (χ3v) is 1.94. The molecule has 0 saturated heterocycles. The monoisotopic (exact) mass is 221 g/mol. The van der Waals surface area contributed by atoms with E-state index in [-0.39, 0.29) is 6.42 Å². The van der Waals surface area contributed by atoms with Gasteiger partial charge in [-0.15, -0.1) is 0 Å². The molecule has 0 aliphatic heterocycles. The molecule has 0 atom stereocenters. The Labute approximate surface area is 86.5 Å². The van der Waals surface area contributed by atoms with Gasteiger partial charge >= 0.3 is 6.18 Å². The largest absolute Gasteiger partial charge is 0.469 e. The third kappa shape index (κ3) is 6.17. The Kier molecular flexibility index (Phi) is 4.68. The van der Waals surface area contributed by atoms with Gasteiger partial charge in [-0.2, -0.15) is 13.2 Å². The van der Waals surface area contributed by atoms with Crippen LogP contribution in [-0.4, -0.2) is 19.3 Å². The first kappa shape index (κ1) is 12.1. The molecule has 0 unspecified atom stereocenters. The van der Waals surface area contributed by atoms with Gasteiger partial charge in [0.2, 0.25) is 0 Å². The van der Waals surface area contributed by atoms with E-state index in [2.05, 4.69) is 5.32 Å². The lowest BCUT2D eigenvalue weighted by atomic mass is 10.3. The van der Waals surface area contributed by atoms with E-state index >= 15 is 0 Å². The second-order valence-corrected chi connectivity index (χ2v) is 3.30. The molecule has 1 rings (SSSR count). The van der Waals surface area contributed by atoms with Gasteiger partial charge in [0.15, 0.2) is 0 Å². The number of hydrogen-bond donors (Lipinski definition) is 1. The highest BCUT2D eigenvalue weighted by molar-refractivity contribution is 4.98. The maximum Gasteiger partial charge on any atom is 0.389 e. The highest BCUT2D eigenvalue weighted by Crippen LogP contribution is 2.20. The van der Waals surface area contributed by atoms with Crippen molar-refractivity contribution in [1.29, 1.82) is 0 Å². The second-order valence-electron chi connectivity index (χ2n) is 3.30. The lowest BCUT2D eigenvalue weighted by Crippen LogP contribution is -2.20. The first-order chi connectivity index (χ1) is 7.08. The molecule has 0 radical (unpaired) electrons. The fourth-order valence-electron chi connectivity index (χ4n) is 1.21. The van der Waals surface area contributed by atoms with E-state index in [1.54, 1.807) is 12.3 Å². The second kappa shape index (κ2) is 5.80. The quantitative estimate of drug-likeness (QED) is 0.747. The molecule has 1 aromatic heterocycles. The molecule has 1 aromatic rings. The molecule has 0 bridgehead atoms. The summed E-state index contributed by atoms with van der Waals surface area (Å²) < 4.78 is 40.3. The smallest absolute Gasteiger partial charge is 0.389 e. The van der Waals surface area contributed by atoms with Gasteiger partial charge in [0, 0.05) is 19.4 Å². The molecule has 1 N–H and O–H groups in total. The molecule has 15 heavy (non-hydrogen) atoms. The number of rotatable bonds is 6. The summed E-state index contributed by atoms with van der Waals surface area (Å²) in [6.45, 7) is 1.03. The highest BCUT2D eigenvalue weighted by atomic mass is 19.4. The Morgan fingerprint density at radius 2 is 2.07 bits per heavy atom. The molecule has 0 fully saturated rings. The van der Waals surface area contributed by atoms with Crippen LogP contribution in [0.15, 0.2) is 22.8 Å². The summed E-state index contributed by atoms with van der Waals surface area (Å²) in [5, 5.41) is 2.94. The van der Waals surface area contributed by atoms with Crippen LogP contribution < -0.4 is 5.32 Å². The Hall–Kier alpha value is -0.970. The van der Waals surface area contributed by atoms with Crippen LogP contribution in [0.5, 0.6) is 0 Å². The lowest BCUT2D eigenvalue weighted by molar-refractivity contribution is -0.135. The predicted molar refractivity (Wildman–Crippen MR) is 50.6 cm³/mol. The van der Waals surface area contributed by atoms with Gasteiger partial charge in [-0.1, -0.05) is 0 Å². The van der Waals surface area contributed by atoms with E-state index in [1.807, 2.05) is 6.07 Å². The minimum atomic E-state index is -4.04. The lowest BCUT2D eigenvalue weighted by Gasteiger charge is -2.06. The predicted octanol–water partition coefficient (Wildman–Crippen LogP) is 2.75. The summed E-state index contributed by atoms with van der Waals surface area (Å²) in [5.41, 5.74) is 0. The van der Waals surface area contributed by atoms with Crippen molar-refractivity contribution in [2.45, 2.75) is 25.4 Å². The van der Waals surface area contributed by atoms with Gasteiger partial charge in [-0.25, -0.2) is 0 Å². The molecular formula is C10H14F3NO. The van der Waals surface area contributed by atoms with Gasteiger partial charge < -0.3 is 9.73 Å². The average molecular weight is 221 g/mol. The van der Waals surface area contributed by atoms with Crippen molar-refractivity contribution < 1.29 is 17.6 Å². The normalized spacial score (nSPS) is 11.9. The highest BCUT2D eigenvalue weighted by Gasteiger charge is 2.25. The molecular weight excluding hydrogens is 207 g/mol. The Morgan fingerprint density at radius 1 is 1.27 bits per heavy atom. The maximum atomic E-state index is 11.7. The van der Waals surface area contributed by atoms with Gasteiger partial charge in [-0.05, 0) is 25.1 Å². The Balaban J connectivity index is 1.94. The van der Waals surface area contributed by atoms with Crippen molar-refractivity contribution >= 4 is 0 Å². The summed E-state index contributed by atoms with van der Waals surface area (Å²) in [5.74, 6) is 0.846. The van der Waals surface area contributed by atoms with Gasteiger partial charge in [0.05, 0.1) is 6.26 Å². The number of halogens is 3. The molecule has 2 nitrogen and oxygen atoms in total. The molecule has 1 heterocycles. The fourth-order valence-corrected chi connectivity index (χ4v) is 1.21. The summed E-state index contributed by atoms with van der Waals surface area (Å²) in [6.07, 6.45) is -2.34. The SMILES string of the molecule is FC(F)(F)CCCNCCc1ccco1. The van der Waals surface area contributed by atoms with E-state index in [1.165, 1.54) is 0 Å². The van der Waals surface area contributed by atoms with Gasteiger partial charge in [0.25, 0.3) is 0 Å². The maximum absolute atomic E-state index is 11.7. The topological polar surface area (TPSA) is 25.2 Å². The van der Waals surface area contributed by atoms with E-state index < -0.39 is 12.6 Å². The van der Waals surface area contributed by atoms with Gasteiger partial charge in [-0.3, -0.25) is 0 Å². The standard InChI is InChI=1S/C10H14F3NO/c11-10(12,13)5-2-6-14-7-4-9-3-1-8-15-9/h1,3,8,14H,2,4-7H2. The van der Waals surface area contributed by atoms with E-state index in [9.17, 15) is 13.2 Å². The third-order valence-electron chi connectivity index (χ3n) is 1.94. The van der Waals surface area contributed by atoms with Crippen molar-refractivity contribution in [3.05, 3.63) is 24.2 Å². The summed E-state index contributed by atoms with van der Waals surface area (Å²) in [7, 11) is 0. The molecule has 5 heteroatoms. The number of hydrogen-bond acceptors (Lipinski definition) is 2. The number of furan rings is 1. The summed E-state index contributed by atoms with van der Waals surface area (Å²) >= 11 is 0. The minimum absolute atomic E-state index is 0.127. The zero-order valence-corrected chi connectivity index (χ0v) is 8.31. The van der Waals surface area contributed by atoms with Crippen LogP contribution in [0.3, 0.4) is 0 Å². The fraction of sp³-hybridized carbons (Fsp3) is 0.600. The first-order valence-corrected chi connectivity index (χ1v) is 4.88. The molecule has 0 spiro atoms. The van der Waals surface area contributed by atoms with Crippen LogP contribution in [0.1, 0.15) is 18.6 Å². The number of nitrogens with one attached hydrogen (secondary N) is 1. The molecule has 0 amide bonds. The van der Waals surface area contributed by atoms with Crippen LogP contribution in [0, 0.1) is 0 Å². The Bertz CT molecular complexity index is 256. The molecule has 0 aliphatic carbocycles. The van der Waals surface area contributed by atoms with Crippen LogP contribution in [-0.2, 0) is 6.42 Å². The van der Waals surface area contributed by atoms with Crippen molar-refractivity contribution in [2.75, 3.05) is 13.1 Å². The Morgan fingerprint density at radius 3 is 2.67 bits per heavy atom. The van der Waals surface area contributed by atoms with E-state index in [4.69, 9.17) is 4.42 Å². The molecule has 0 aliphatic rings. The van der Waals surface area contributed by atoms with Crippen molar-refractivity contribution in [3.63, 3.8) is 0 Å². The first-order valence-electron chi connectivity index (χ1n) is 4.88. The van der Waals surface area contributed by atoms with E-state index in [0.29, 0.717) is 19.5 Å². The van der Waals surface area contributed by atoms with Crippen molar-refractivity contribution in [2.24, 2.45) is 0 Å². The minimum Gasteiger partial charge on any atom is -0.469 e. The van der Waals surface area contributed by atoms with Gasteiger partial charge in [0.1, 0.15) is 5.76 Å². The molecule has 86 valence electrons.